The van der Waals surface area contributed by atoms with E-state index >= 15 is 0 Å². The molecule has 1 unspecified atom stereocenters. The molecule has 2 aromatic heterocycles. The second-order valence-electron chi connectivity index (χ2n) is 11.3. The van der Waals surface area contributed by atoms with Crippen molar-refractivity contribution in [2.75, 3.05) is 13.1 Å². The Morgan fingerprint density at radius 1 is 1.06 bits per heavy atom. The first kappa shape index (κ1) is 23.7. The van der Waals surface area contributed by atoms with Gasteiger partial charge in [-0.15, -0.1) is 5.10 Å². The van der Waals surface area contributed by atoms with Gasteiger partial charge in [0.05, 0.1) is 6.54 Å². The van der Waals surface area contributed by atoms with Gasteiger partial charge < -0.3 is 9.88 Å². The van der Waals surface area contributed by atoms with Gasteiger partial charge in [0, 0.05) is 24.9 Å². The molecule has 1 aromatic carbocycles. The normalized spacial score (nSPS) is 19.9. The second-order valence-corrected chi connectivity index (χ2v) is 11.3. The molecule has 8 heteroatoms. The molecule has 0 bridgehead atoms. The minimum atomic E-state index is -0.268. The highest BCUT2D eigenvalue weighted by Gasteiger charge is 2.31. The number of nitrogens with zero attached hydrogens (tertiary/aromatic N) is 5. The van der Waals surface area contributed by atoms with E-state index in [4.69, 9.17) is 4.98 Å². The van der Waals surface area contributed by atoms with Crippen molar-refractivity contribution in [3.8, 4) is 0 Å². The molecule has 1 aliphatic heterocycles. The smallest absolute Gasteiger partial charge is 0.281 e. The first-order valence-electron chi connectivity index (χ1n) is 13.0. The molecule has 1 aliphatic carbocycles. The molecular weight excluding hydrogens is 440 g/mol. The number of carbonyl (C=O) groups is 1. The zero-order chi connectivity index (χ0) is 24.6. The molecule has 186 valence electrons. The summed E-state index contributed by atoms with van der Waals surface area (Å²) in [5.41, 5.74) is 2.93. The molecular formula is C27H36N6O2. The fraction of sp³-hybridized carbons (Fsp3) is 0.593. The number of carbonyl (C=O) groups excluding carboxylic acids is 1. The molecule has 35 heavy (non-hydrogen) atoms. The summed E-state index contributed by atoms with van der Waals surface area (Å²) in [6.07, 6.45) is 7.36. The molecule has 2 aliphatic rings. The van der Waals surface area contributed by atoms with Crippen LogP contribution in [0.2, 0.25) is 0 Å². The summed E-state index contributed by atoms with van der Waals surface area (Å²) >= 11 is 0. The van der Waals surface area contributed by atoms with Crippen molar-refractivity contribution in [1.82, 2.24) is 29.9 Å². The van der Waals surface area contributed by atoms with E-state index in [0.29, 0.717) is 24.6 Å². The van der Waals surface area contributed by atoms with Crippen molar-refractivity contribution in [1.29, 1.82) is 0 Å². The number of likely N-dealkylation sites (tertiary alicyclic amines) is 1. The van der Waals surface area contributed by atoms with Crippen molar-refractivity contribution in [2.45, 2.75) is 83.6 Å². The maximum absolute atomic E-state index is 13.1. The summed E-state index contributed by atoms with van der Waals surface area (Å²) in [6.45, 7) is 8.48. The Morgan fingerprint density at radius 2 is 1.80 bits per heavy atom. The lowest BCUT2D eigenvalue weighted by Gasteiger charge is -2.35. The Hall–Kier alpha value is -3.03. The number of H-pyrrole nitrogens is 1. The number of fused-ring (bicyclic) bond motifs is 1. The maximum Gasteiger partial charge on any atom is 0.281 e. The Balaban J connectivity index is 1.37. The summed E-state index contributed by atoms with van der Waals surface area (Å²) in [5.74, 6) is 1.09. The quantitative estimate of drug-likeness (QED) is 0.610. The van der Waals surface area contributed by atoms with E-state index in [9.17, 15) is 9.59 Å². The van der Waals surface area contributed by atoms with Crippen LogP contribution in [-0.2, 0) is 16.8 Å². The molecule has 8 nitrogen and oxygen atoms in total. The summed E-state index contributed by atoms with van der Waals surface area (Å²) in [6, 6.07) is 8.47. The average Bonchev–Trinajstić information content (AvgIpc) is 3.27. The predicted octanol–water partition coefficient (Wildman–Crippen LogP) is 4.15. The topological polar surface area (TPSA) is 96.8 Å². The van der Waals surface area contributed by atoms with E-state index in [1.807, 2.05) is 4.90 Å². The van der Waals surface area contributed by atoms with Gasteiger partial charge in [-0.2, -0.15) is 0 Å². The second kappa shape index (κ2) is 9.55. The highest BCUT2D eigenvalue weighted by molar-refractivity contribution is 5.79. The standard InChI is InChI=1S/C27H36N6O2/c1-27(2,3)21-13-11-18(12-14-21)16-33-24-22(30-31-33)25(34)29-23(28-24)20-10-7-15-32(17-20)26(35)19-8-5-4-6-9-19/h11-14,19-20H,4-10,15-17H2,1-3H3,(H,28,29,34). The van der Waals surface area contributed by atoms with Crippen LogP contribution in [0.15, 0.2) is 29.1 Å². The fourth-order valence-corrected chi connectivity index (χ4v) is 5.47. The summed E-state index contributed by atoms with van der Waals surface area (Å²) < 4.78 is 1.70. The molecule has 3 heterocycles. The van der Waals surface area contributed by atoms with Gasteiger partial charge in [-0.05, 0) is 42.2 Å². The summed E-state index contributed by atoms with van der Waals surface area (Å²) in [5, 5.41) is 8.34. The van der Waals surface area contributed by atoms with Gasteiger partial charge in [0.15, 0.2) is 11.2 Å². The van der Waals surface area contributed by atoms with Gasteiger partial charge in [-0.1, -0.05) is 69.5 Å². The van der Waals surface area contributed by atoms with Crippen LogP contribution in [-0.4, -0.2) is 48.9 Å². The van der Waals surface area contributed by atoms with Crippen LogP contribution >= 0.6 is 0 Å². The minimum absolute atomic E-state index is 0.0165. The molecule has 1 saturated heterocycles. The lowest BCUT2D eigenvalue weighted by molar-refractivity contribution is -0.137. The Morgan fingerprint density at radius 3 is 2.51 bits per heavy atom. The number of hydrogen-bond donors (Lipinski definition) is 1. The number of amides is 1. The third kappa shape index (κ3) is 5.02. The maximum atomic E-state index is 13.1. The van der Waals surface area contributed by atoms with Crippen molar-refractivity contribution >= 4 is 17.1 Å². The first-order chi connectivity index (χ1) is 16.8. The zero-order valence-corrected chi connectivity index (χ0v) is 21.1. The highest BCUT2D eigenvalue weighted by Crippen LogP contribution is 2.30. The van der Waals surface area contributed by atoms with Crippen molar-refractivity contribution in [3.05, 3.63) is 51.6 Å². The highest BCUT2D eigenvalue weighted by atomic mass is 16.2. The largest absolute Gasteiger partial charge is 0.342 e. The number of benzene rings is 1. The minimum Gasteiger partial charge on any atom is -0.342 e. The van der Waals surface area contributed by atoms with E-state index in [0.717, 1.165) is 50.6 Å². The lowest BCUT2D eigenvalue weighted by Crippen LogP contribution is -2.43. The van der Waals surface area contributed by atoms with Crippen molar-refractivity contribution in [3.63, 3.8) is 0 Å². The summed E-state index contributed by atoms with van der Waals surface area (Å²) in [7, 11) is 0. The Kier molecular flexibility index (Phi) is 6.47. The van der Waals surface area contributed by atoms with Crippen LogP contribution in [0.1, 0.15) is 88.6 Å². The van der Waals surface area contributed by atoms with Crippen LogP contribution in [0, 0.1) is 5.92 Å². The molecule has 3 aromatic rings. The van der Waals surface area contributed by atoms with E-state index in [2.05, 4.69) is 60.3 Å². The number of nitrogens with one attached hydrogen (secondary N) is 1. The molecule has 0 spiro atoms. The third-order valence-electron chi connectivity index (χ3n) is 7.62. The van der Waals surface area contributed by atoms with Gasteiger partial charge >= 0.3 is 0 Å². The average molecular weight is 477 g/mol. The van der Waals surface area contributed by atoms with E-state index in [1.165, 1.54) is 12.0 Å². The Bertz CT molecular complexity index is 1250. The van der Waals surface area contributed by atoms with Gasteiger partial charge in [0.25, 0.3) is 5.56 Å². The number of piperidine rings is 1. The lowest BCUT2D eigenvalue weighted by atomic mass is 9.87. The zero-order valence-electron chi connectivity index (χ0n) is 21.1. The molecule has 1 amide bonds. The summed E-state index contributed by atoms with van der Waals surface area (Å²) in [4.78, 5) is 35.7. The van der Waals surface area contributed by atoms with Gasteiger partial charge in [0.2, 0.25) is 5.91 Å². The molecule has 1 N–H and O–H groups in total. The molecule has 1 atom stereocenters. The van der Waals surface area contributed by atoms with Crippen LogP contribution in [0.25, 0.3) is 11.2 Å². The van der Waals surface area contributed by atoms with E-state index in [1.54, 1.807) is 4.68 Å². The van der Waals surface area contributed by atoms with Gasteiger partial charge in [0.1, 0.15) is 5.82 Å². The number of aromatic amines is 1. The van der Waals surface area contributed by atoms with Gasteiger partial charge in [-0.3, -0.25) is 9.59 Å². The van der Waals surface area contributed by atoms with Gasteiger partial charge in [-0.25, -0.2) is 9.67 Å². The first-order valence-corrected chi connectivity index (χ1v) is 13.0. The fourth-order valence-electron chi connectivity index (χ4n) is 5.47. The van der Waals surface area contributed by atoms with Crippen LogP contribution in [0.5, 0.6) is 0 Å². The van der Waals surface area contributed by atoms with Crippen molar-refractivity contribution in [2.24, 2.45) is 5.92 Å². The number of hydrogen-bond acceptors (Lipinski definition) is 5. The van der Waals surface area contributed by atoms with E-state index in [-0.39, 0.29) is 34.2 Å². The molecule has 2 fully saturated rings. The molecule has 1 saturated carbocycles. The Labute approximate surface area is 206 Å². The monoisotopic (exact) mass is 476 g/mol. The van der Waals surface area contributed by atoms with Crippen molar-refractivity contribution < 1.29 is 4.79 Å². The third-order valence-corrected chi connectivity index (χ3v) is 7.62. The van der Waals surface area contributed by atoms with Crippen LogP contribution < -0.4 is 5.56 Å². The number of rotatable bonds is 4. The number of aromatic nitrogens is 5. The van der Waals surface area contributed by atoms with E-state index < -0.39 is 0 Å². The van der Waals surface area contributed by atoms with Crippen LogP contribution in [0.3, 0.4) is 0 Å². The predicted molar refractivity (Wildman–Crippen MR) is 135 cm³/mol. The SMILES string of the molecule is CC(C)(C)c1ccc(Cn2nnc3c(=O)[nH]c(C4CCCN(C(=O)C5CCCCC5)C4)nc32)cc1. The molecule has 5 rings (SSSR count). The van der Waals surface area contributed by atoms with Crippen LogP contribution in [0.4, 0.5) is 0 Å². The molecule has 0 radical (unpaired) electrons.